The summed E-state index contributed by atoms with van der Waals surface area (Å²) in [7, 11) is 0. The number of phenols is 1. The molecule has 0 fully saturated rings. The van der Waals surface area contributed by atoms with Crippen LogP contribution in [-0.2, 0) is 6.54 Å². The van der Waals surface area contributed by atoms with E-state index in [0.717, 1.165) is 10.0 Å². The van der Waals surface area contributed by atoms with Gasteiger partial charge in [0.15, 0.2) is 0 Å². The molecule has 0 aromatic heterocycles. The highest BCUT2D eigenvalue weighted by Crippen LogP contribution is 2.34. The largest absolute Gasteiger partial charge is 0.507 e. The van der Waals surface area contributed by atoms with E-state index in [1.54, 1.807) is 18.2 Å². The van der Waals surface area contributed by atoms with E-state index in [1.165, 1.54) is 0 Å². The Morgan fingerprint density at radius 1 is 1.05 bits per heavy atom. The first-order valence-electron chi connectivity index (χ1n) is 5.33. The number of aromatic hydroxyl groups is 1. The molecule has 2 nitrogen and oxygen atoms in total. The third kappa shape index (κ3) is 3.78. The summed E-state index contributed by atoms with van der Waals surface area (Å²) in [4.78, 5) is 0. The number of anilines is 1. The van der Waals surface area contributed by atoms with Gasteiger partial charge in [0.1, 0.15) is 5.75 Å². The van der Waals surface area contributed by atoms with Crippen LogP contribution in [0.15, 0.2) is 39.3 Å². The van der Waals surface area contributed by atoms with Gasteiger partial charge in [-0.15, -0.1) is 0 Å². The molecule has 0 heterocycles. The van der Waals surface area contributed by atoms with Crippen LogP contribution in [-0.4, -0.2) is 5.11 Å². The minimum atomic E-state index is 0.212. The molecule has 19 heavy (non-hydrogen) atoms. The number of hydrogen-bond donors (Lipinski definition) is 2. The third-order valence-electron chi connectivity index (χ3n) is 2.49. The average Bonchev–Trinajstić information content (AvgIpc) is 2.32. The van der Waals surface area contributed by atoms with Gasteiger partial charge in [0.05, 0.1) is 20.2 Å². The van der Waals surface area contributed by atoms with E-state index in [0.29, 0.717) is 26.8 Å². The van der Waals surface area contributed by atoms with Crippen molar-refractivity contribution in [1.82, 2.24) is 0 Å². The van der Waals surface area contributed by atoms with E-state index < -0.39 is 0 Å². The van der Waals surface area contributed by atoms with Crippen molar-refractivity contribution in [1.29, 1.82) is 0 Å². The van der Waals surface area contributed by atoms with Crippen LogP contribution < -0.4 is 5.32 Å². The molecule has 0 amide bonds. The smallest absolute Gasteiger partial charge is 0.129 e. The van der Waals surface area contributed by atoms with Gasteiger partial charge in [0.2, 0.25) is 0 Å². The van der Waals surface area contributed by atoms with Crippen LogP contribution in [0.5, 0.6) is 5.75 Å². The lowest BCUT2D eigenvalue weighted by molar-refractivity contribution is 0.471. The summed E-state index contributed by atoms with van der Waals surface area (Å²) < 4.78 is 1.49. The van der Waals surface area contributed by atoms with Crippen molar-refractivity contribution in [3.63, 3.8) is 0 Å². The zero-order chi connectivity index (χ0) is 14.0. The fourth-order valence-electron chi connectivity index (χ4n) is 1.56. The normalized spacial score (nSPS) is 10.5. The molecule has 0 aliphatic rings. The van der Waals surface area contributed by atoms with Gasteiger partial charge in [-0.1, -0.05) is 45.2 Å². The van der Waals surface area contributed by atoms with Gasteiger partial charge in [-0.3, -0.25) is 0 Å². The number of phenolic OH excluding ortho intramolecular Hbond substituents is 1. The van der Waals surface area contributed by atoms with E-state index in [-0.39, 0.29) is 5.75 Å². The first-order valence-corrected chi connectivity index (χ1v) is 7.67. The van der Waals surface area contributed by atoms with Gasteiger partial charge in [-0.25, -0.2) is 0 Å². The predicted octanol–water partition coefficient (Wildman–Crippen LogP) is 5.84. The number of hydrogen-bond acceptors (Lipinski definition) is 2. The second-order valence-electron chi connectivity index (χ2n) is 3.88. The monoisotopic (exact) mass is 423 g/mol. The van der Waals surface area contributed by atoms with Gasteiger partial charge < -0.3 is 10.4 Å². The molecule has 0 saturated heterocycles. The van der Waals surface area contributed by atoms with Gasteiger partial charge in [-0.2, -0.15) is 0 Å². The summed E-state index contributed by atoms with van der Waals surface area (Å²) >= 11 is 18.9. The van der Waals surface area contributed by atoms with Crippen LogP contribution in [0.1, 0.15) is 5.56 Å². The van der Waals surface area contributed by atoms with Crippen molar-refractivity contribution >= 4 is 60.7 Å². The van der Waals surface area contributed by atoms with Crippen LogP contribution in [0.3, 0.4) is 0 Å². The van der Waals surface area contributed by atoms with E-state index in [2.05, 4.69) is 37.2 Å². The molecule has 0 radical (unpaired) electrons. The third-order valence-corrected chi connectivity index (χ3v) is 4.18. The summed E-state index contributed by atoms with van der Waals surface area (Å²) in [6.45, 7) is 0.556. The summed E-state index contributed by atoms with van der Waals surface area (Å²) in [5.41, 5.74) is 1.69. The van der Waals surface area contributed by atoms with Crippen LogP contribution in [0.2, 0.25) is 10.0 Å². The quantitative estimate of drug-likeness (QED) is 0.647. The number of nitrogens with one attached hydrogen (secondary N) is 1. The second kappa shape index (κ2) is 6.35. The van der Waals surface area contributed by atoms with Crippen molar-refractivity contribution in [2.24, 2.45) is 0 Å². The van der Waals surface area contributed by atoms with Gasteiger partial charge in [0.25, 0.3) is 0 Å². The van der Waals surface area contributed by atoms with Crippen molar-refractivity contribution in [2.45, 2.75) is 6.54 Å². The summed E-state index contributed by atoms with van der Waals surface area (Å²) in [5.74, 6) is 0.212. The molecule has 0 unspecified atom stereocenters. The summed E-state index contributed by atoms with van der Waals surface area (Å²) in [6, 6.07) is 8.85. The Balaban J connectivity index is 2.16. The number of halogens is 4. The molecule has 2 aromatic carbocycles. The average molecular weight is 426 g/mol. The van der Waals surface area contributed by atoms with Gasteiger partial charge in [-0.05, 0) is 45.8 Å². The number of benzene rings is 2. The van der Waals surface area contributed by atoms with Crippen molar-refractivity contribution < 1.29 is 5.11 Å². The van der Waals surface area contributed by atoms with E-state index in [9.17, 15) is 5.11 Å². The first-order chi connectivity index (χ1) is 8.97. The minimum absolute atomic E-state index is 0.212. The Labute approximate surface area is 138 Å². The van der Waals surface area contributed by atoms with E-state index in [1.807, 2.05) is 12.1 Å². The Morgan fingerprint density at radius 3 is 2.26 bits per heavy atom. The van der Waals surface area contributed by atoms with Crippen molar-refractivity contribution in [3.05, 3.63) is 54.9 Å². The van der Waals surface area contributed by atoms with E-state index >= 15 is 0 Å². The Bertz CT molecular complexity index is 597. The molecule has 2 rings (SSSR count). The Kier molecular flexibility index (Phi) is 5.01. The lowest BCUT2D eigenvalue weighted by Gasteiger charge is -2.11. The molecule has 0 bridgehead atoms. The van der Waals surface area contributed by atoms with Gasteiger partial charge in [0, 0.05) is 11.0 Å². The number of rotatable bonds is 3. The minimum Gasteiger partial charge on any atom is -0.507 e. The first kappa shape index (κ1) is 15.0. The molecule has 2 aromatic rings. The zero-order valence-corrected chi connectivity index (χ0v) is 14.2. The summed E-state index contributed by atoms with van der Waals surface area (Å²) in [5, 5.41) is 13.7. The zero-order valence-electron chi connectivity index (χ0n) is 9.55. The Morgan fingerprint density at radius 2 is 1.68 bits per heavy atom. The Hall–Kier alpha value is -0.420. The fourth-order valence-corrected chi connectivity index (χ4v) is 3.33. The van der Waals surface area contributed by atoms with E-state index in [4.69, 9.17) is 23.2 Å². The van der Waals surface area contributed by atoms with Crippen LogP contribution in [0, 0.1) is 0 Å². The maximum absolute atomic E-state index is 9.43. The standard InChI is InChI=1S/C13H9Br2Cl2NO/c14-8-4-10(16)13(11(17)5-8)18-6-7-1-2-12(19)9(15)3-7/h1-5,18-19H,6H2. The fraction of sp³-hybridized carbons (Fsp3) is 0.0769. The molecular weight excluding hydrogens is 417 g/mol. The maximum atomic E-state index is 9.43. The highest BCUT2D eigenvalue weighted by molar-refractivity contribution is 9.10. The van der Waals surface area contributed by atoms with Crippen molar-refractivity contribution in [2.75, 3.05) is 5.32 Å². The van der Waals surface area contributed by atoms with Gasteiger partial charge >= 0.3 is 0 Å². The molecular formula is C13H9Br2Cl2NO. The van der Waals surface area contributed by atoms with Crippen molar-refractivity contribution in [3.8, 4) is 5.75 Å². The topological polar surface area (TPSA) is 32.3 Å². The predicted molar refractivity (Wildman–Crippen MR) is 87.3 cm³/mol. The molecule has 0 aliphatic heterocycles. The molecule has 0 aliphatic carbocycles. The molecule has 2 N–H and O–H groups in total. The molecule has 100 valence electrons. The summed E-state index contributed by atoms with van der Waals surface area (Å²) in [6.07, 6.45) is 0. The lowest BCUT2D eigenvalue weighted by atomic mass is 10.2. The molecule has 0 saturated carbocycles. The van der Waals surface area contributed by atoms with Crippen LogP contribution in [0.25, 0.3) is 0 Å². The van der Waals surface area contributed by atoms with Crippen LogP contribution in [0.4, 0.5) is 5.69 Å². The second-order valence-corrected chi connectivity index (χ2v) is 6.47. The molecule has 0 atom stereocenters. The highest BCUT2D eigenvalue weighted by Gasteiger charge is 2.07. The lowest BCUT2D eigenvalue weighted by Crippen LogP contribution is -2.00. The molecule has 6 heteroatoms. The molecule has 0 spiro atoms. The SMILES string of the molecule is Oc1ccc(CNc2c(Cl)cc(Br)cc2Cl)cc1Br. The van der Waals surface area contributed by atoms with Crippen LogP contribution >= 0.6 is 55.1 Å². The maximum Gasteiger partial charge on any atom is 0.129 e. The highest BCUT2D eigenvalue weighted by atomic mass is 79.9.